The van der Waals surface area contributed by atoms with Crippen LogP contribution < -0.4 is 15.6 Å². The van der Waals surface area contributed by atoms with E-state index in [-0.39, 0.29) is 22.1 Å². The largest absolute Gasteiger partial charge is 0.492 e. The number of rotatable bonds is 3. The molecule has 0 unspecified atom stereocenters. The number of nitrogens with one attached hydrogen (secondary N) is 2. The normalized spacial score (nSPS) is 26.6. The molecule has 1 saturated carbocycles. The Morgan fingerprint density at radius 1 is 1.13 bits per heavy atom. The van der Waals surface area contributed by atoms with Gasteiger partial charge in [0.2, 0.25) is 15.9 Å². The predicted octanol–water partition coefficient (Wildman–Crippen LogP) is 0.813. The van der Waals surface area contributed by atoms with Crippen LogP contribution in [0.2, 0.25) is 0 Å². The van der Waals surface area contributed by atoms with Crippen LogP contribution in [-0.4, -0.2) is 69.4 Å². The van der Waals surface area contributed by atoms with Crippen LogP contribution in [0.5, 0.6) is 5.75 Å². The highest BCUT2D eigenvalue weighted by Gasteiger charge is 2.45. The van der Waals surface area contributed by atoms with Crippen molar-refractivity contribution >= 4 is 15.9 Å². The van der Waals surface area contributed by atoms with Gasteiger partial charge in [-0.25, -0.2) is 8.42 Å². The van der Waals surface area contributed by atoms with Crippen molar-refractivity contribution in [3.63, 3.8) is 0 Å². The molecule has 0 atom stereocenters. The van der Waals surface area contributed by atoms with Gasteiger partial charge in [-0.2, -0.15) is 4.31 Å². The first kappa shape index (κ1) is 20.2. The van der Waals surface area contributed by atoms with E-state index >= 15 is 0 Å². The van der Waals surface area contributed by atoms with E-state index in [9.17, 15) is 13.2 Å². The van der Waals surface area contributed by atoms with E-state index in [0.717, 1.165) is 25.7 Å². The average Bonchev–Trinajstić information content (AvgIpc) is 3.40. The molecule has 8 nitrogen and oxygen atoms in total. The van der Waals surface area contributed by atoms with Crippen molar-refractivity contribution in [3.05, 3.63) is 24.3 Å². The topological polar surface area (TPSA) is 91.0 Å². The van der Waals surface area contributed by atoms with Crippen LogP contribution in [-0.2, 0) is 14.8 Å². The van der Waals surface area contributed by atoms with Crippen molar-refractivity contribution in [1.82, 2.24) is 20.1 Å². The maximum absolute atomic E-state index is 13.5. The fraction of sp³-hybridized carbons (Fsp3) is 0.667. The van der Waals surface area contributed by atoms with Crippen LogP contribution in [0.25, 0.3) is 0 Å². The summed E-state index contributed by atoms with van der Waals surface area (Å²) in [7, 11) is -3.60. The summed E-state index contributed by atoms with van der Waals surface area (Å²) in [6.07, 6.45) is 3.71. The number of para-hydroxylation sites is 1. The van der Waals surface area contributed by atoms with E-state index in [2.05, 4.69) is 10.9 Å². The number of amides is 1. The number of hydrogen-bond acceptors (Lipinski definition) is 6. The highest BCUT2D eigenvalue weighted by Crippen LogP contribution is 2.41. The molecule has 5 rings (SSSR count). The second-order valence-electron chi connectivity index (χ2n) is 9.26. The molecule has 1 aromatic rings. The van der Waals surface area contributed by atoms with E-state index in [1.165, 1.54) is 0 Å². The number of piperidine rings is 1. The summed E-state index contributed by atoms with van der Waals surface area (Å²) in [5, 5.41) is 0. The highest BCUT2D eigenvalue weighted by atomic mass is 32.2. The number of ether oxygens (including phenoxy) is 1. The van der Waals surface area contributed by atoms with Gasteiger partial charge in [-0.05, 0) is 43.7 Å². The number of hydrazine groups is 1. The molecule has 1 aromatic carbocycles. The Bertz CT molecular complexity index is 903. The molecule has 0 aromatic heterocycles. The SMILES string of the molecule is O=C(C1CNNC1)N1CCC2(CC1)COc1ccccc1S(=O)(=O)N(CC1CC1)C2. The molecule has 30 heavy (non-hydrogen) atoms. The van der Waals surface area contributed by atoms with Crippen molar-refractivity contribution in [2.45, 2.75) is 30.6 Å². The molecule has 3 aliphatic heterocycles. The van der Waals surface area contributed by atoms with Crippen molar-refractivity contribution in [2.24, 2.45) is 17.3 Å². The Morgan fingerprint density at radius 2 is 1.83 bits per heavy atom. The van der Waals surface area contributed by atoms with E-state index in [1.54, 1.807) is 22.5 Å². The van der Waals surface area contributed by atoms with Crippen LogP contribution in [0, 0.1) is 17.3 Å². The second-order valence-corrected chi connectivity index (χ2v) is 11.2. The Morgan fingerprint density at radius 3 is 2.53 bits per heavy atom. The fourth-order valence-electron chi connectivity index (χ4n) is 4.81. The first-order valence-corrected chi connectivity index (χ1v) is 12.4. The highest BCUT2D eigenvalue weighted by molar-refractivity contribution is 7.89. The zero-order valence-corrected chi connectivity index (χ0v) is 18.0. The summed E-state index contributed by atoms with van der Waals surface area (Å²) in [6.45, 7) is 4.15. The molecule has 164 valence electrons. The molecule has 1 amide bonds. The van der Waals surface area contributed by atoms with Crippen molar-refractivity contribution in [1.29, 1.82) is 0 Å². The second kappa shape index (κ2) is 7.78. The summed E-state index contributed by atoms with van der Waals surface area (Å²) >= 11 is 0. The summed E-state index contributed by atoms with van der Waals surface area (Å²) in [5.74, 6) is 1.07. The van der Waals surface area contributed by atoms with Gasteiger partial charge in [-0.1, -0.05) is 12.1 Å². The summed E-state index contributed by atoms with van der Waals surface area (Å²) in [6, 6.07) is 6.97. The van der Waals surface area contributed by atoms with Gasteiger partial charge >= 0.3 is 0 Å². The fourth-order valence-corrected chi connectivity index (χ4v) is 6.57. The molecule has 1 aliphatic carbocycles. The number of nitrogens with zero attached hydrogens (tertiary/aromatic N) is 2. The minimum absolute atomic E-state index is 0.0220. The van der Waals surface area contributed by atoms with Crippen molar-refractivity contribution in [2.75, 3.05) is 45.9 Å². The molecule has 3 fully saturated rings. The minimum atomic E-state index is -3.60. The molecule has 2 N–H and O–H groups in total. The van der Waals surface area contributed by atoms with Crippen LogP contribution in [0.3, 0.4) is 0 Å². The smallest absolute Gasteiger partial charge is 0.246 e. The van der Waals surface area contributed by atoms with E-state index in [1.807, 2.05) is 11.0 Å². The Labute approximate surface area is 178 Å². The lowest BCUT2D eigenvalue weighted by atomic mass is 9.78. The van der Waals surface area contributed by atoms with Crippen molar-refractivity contribution < 1.29 is 17.9 Å². The monoisotopic (exact) mass is 434 g/mol. The number of fused-ring (bicyclic) bond motifs is 1. The lowest BCUT2D eigenvalue weighted by Gasteiger charge is -2.45. The van der Waals surface area contributed by atoms with Gasteiger partial charge in [0.15, 0.2) is 0 Å². The molecule has 9 heteroatoms. The quantitative estimate of drug-likeness (QED) is 0.732. The van der Waals surface area contributed by atoms with Gasteiger partial charge in [0.1, 0.15) is 10.6 Å². The molecular weight excluding hydrogens is 404 g/mol. The maximum Gasteiger partial charge on any atom is 0.246 e. The Hall–Kier alpha value is -1.68. The third-order valence-electron chi connectivity index (χ3n) is 6.98. The van der Waals surface area contributed by atoms with Gasteiger partial charge in [-0.3, -0.25) is 15.6 Å². The van der Waals surface area contributed by atoms with Crippen molar-refractivity contribution in [3.8, 4) is 5.75 Å². The third-order valence-corrected chi connectivity index (χ3v) is 8.83. The lowest BCUT2D eigenvalue weighted by molar-refractivity contribution is -0.137. The number of carbonyl (C=O) groups is 1. The van der Waals surface area contributed by atoms with Crippen LogP contribution in [0.1, 0.15) is 25.7 Å². The first-order valence-electron chi connectivity index (χ1n) is 10.9. The molecule has 3 heterocycles. The number of hydrogen-bond donors (Lipinski definition) is 2. The Balaban J connectivity index is 1.37. The van der Waals surface area contributed by atoms with E-state index in [0.29, 0.717) is 57.5 Å². The summed E-state index contributed by atoms with van der Waals surface area (Å²) in [5.41, 5.74) is 5.78. The number of benzene rings is 1. The zero-order chi connectivity index (χ0) is 20.8. The van der Waals surface area contributed by atoms with Crippen LogP contribution >= 0.6 is 0 Å². The third kappa shape index (κ3) is 3.84. The average molecular weight is 435 g/mol. The number of likely N-dealkylation sites (tertiary alicyclic amines) is 1. The molecule has 1 spiro atoms. The summed E-state index contributed by atoms with van der Waals surface area (Å²) in [4.78, 5) is 15.0. The number of carbonyl (C=O) groups excluding carboxylic acids is 1. The molecule has 0 bridgehead atoms. The first-order chi connectivity index (χ1) is 14.5. The zero-order valence-electron chi connectivity index (χ0n) is 17.2. The van der Waals surface area contributed by atoms with Gasteiger partial charge in [0.25, 0.3) is 0 Å². The van der Waals surface area contributed by atoms with Gasteiger partial charge in [0.05, 0.1) is 12.5 Å². The van der Waals surface area contributed by atoms with Crippen LogP contribution in [0.15, 0.2) is 29.2 Å². The van der Waals surface area contributed by atoms with Gasteiger partial charge < -0.3 is 9.64 Å². The molecule has 4 aliphatic rings. The standard InChI is InChI=1S/C21H30N4O4S/c26-20(17-11-22-23-12-17)24-9-7-21(8-10-24)14-25(13-16-5-6-16)30(27,28)19-4-2-1-3-18(19)29-15-21/h1-4,16-17,22-23H,5-15H2. The molecular formula is C21H30N4O4S. The van der Waals surface area contributed by atoms with Crippen LogP contribution in [0.4, 0.5) is 0 Å². The maximum atomic E-state index is 13.5. The lowest BCUT2D eigenvalue weighted by Crippen LogP contribution is -2.53. The van der Waals surface area contributed by atoms with Gasteiger partial charge in [0, 0.05) is 44.7 Å². The Kier molecular flexibility index (Phi) is 5.25. The molecule has 0 radical (unpaired) electrons. The van der Waals surface area contributed by atoms with E-state index in [4.69, 9.17) is 4.74 Å². The summed E-state index contributed by atoms with van der Waals surface area (Å²) < 4.78 is 34.8. The van der Waals surface area contributed by atoms with E-state index < -0.39 is 10.0 Å². The number of sulfonamides is 1. The minimum Gasteiger partial charge on any atom is -0.492 e. The predicted molar refractivity (Wildman–Crippen MR) is 111 cm³/mol. The van der Waals surface area contributed by atoms with Gasteiger partial charge in [-0.15, -0.1) is 0 Å². The molecule has 2 saturated heterocycles.